The van der Waals surface area contributed by atoms with E-state index in [1.807, 2.05) is 0 Å². The van der Waals surface area contributed by atoms with Crippen molar-refractivity contribution in [2.45, 2.75) is 31.0 Å². The Morgan fingerprint density at radius 3 is 3.10 bits per heavy atom. The number of carbonyl (C=O) groups excluding carboxylic acids is 1. The van der Waals surface area contributed by atoms with Crippen molar-refractivity contribution in [3.8, 4) is 5.75 Å². The Morgan fingerprint density at radius 1 is 1.52 bits per heavy atom. The van der Waals surface area contributed by atoms with Crippen LogP contribution in [0, 0.1) is 5.92 Å². The van der Waals surface area contributed by atoms with E-state index in [0.717, 1.165) is 23.9 Å². The van der Waals surface area contributed by atoms with Gasteiger partial charge in [0.15, 0.2) is 0 Å². The third-order valence-electron chi connectivity index (χ3n) is 4.39. The number of halogens is 1. The van der Waals surface area contributed by atoms with Gasteiger partial charge in [-0.25, -0.2) is 0 Å². The van der Waals surface area contributed by atoms with Gasteiger partial charge in [0.1, 0.15) is 5.75 Å². The van der Waals surface area contributed by atoms with Crippen LogP contribution in [0.4, 0.5) is 0 Å². The summed E-state index contributed by atoms with van der Waals surface area (Å²) >= 11 is 3.40. The van der Waals surface area contributed by atoms with Gasteiger partial charge in [-0.2, -0.15) is 0 Å². The molecule has 3 N–H and O–H groups in total. The van der Waals surface area contributed by atoms with E-state index < -0.39 is 0 Å². The van der Waals surface area contributed by atoms with Crippen LogP contribution >= 0.6 is 15.9 Å². The van der Waals surface area contributed by atoms with Crippen LogP contribution in [0.3, 0.4) is 0 Å². The summed E-state index contributed by atoms with van der Waals surface area (Å²) < 4.78 is 11.6. The van der Waals surface area contributed by atoms with Gasteiger partial charge in [0.25, 0.3) is 5.91 Å². The molecule has 1 amide bonds. The first-order chi connectivity index (χ1) is 10.1. The second-order valence-corrected chi connectivity index (χ2v) is 6.42. The van der Waals surface area contributed by atoms with Gasteiger partial charge in [-0.3, -0.25) is 4.79 Å². The van der Waals surface area contributed by atoms with Crippen LogP contribution in [-0.4, -0.2) is 37.8 Å². The van der Waals surface area contributed by atoms with E-state index in [2.05, 4.69) is 21.2 Å². The predicted molar refractivity (Wildman–Crippen MR) is 82.4 cm³/mol. The zero-order valence-electron chi connectivity index (χ0n) is 11.8. The summed E-state index contributed by atoms with van der Waals surface area (Å²) in [6, 6.07) is 5.18. The zero-order chi connectivity index (χ0) is 15.0. The maximum absolute atomic E-state index is 12.4. The highest BCUT2D eigenvalue weighted by Gasteiger charge is 2.51. The number of nitrogens with two attached hydrogens (primary N) is 1. The first kappa shape index (κ1) is 14.8. The fourth-order valence-corrected chi connectivity index (χ4v) is 3.59. The molecule has 1 aromatic rings. The van der Waals surface area contributed by atoms with E-state index in [9.17, 15) is 4.79 Å². The molecule has 21 heavy (non-hydrogen) atoms. The summed E-state index contributed by atoms with van der Waals surface area (Å²) in [4.78, 5) is 12.4. The van der Waals surface area contributed by atoms with Crippen molar-refractivity contribution in [1.29, 1.82) is 0 Å². The zero-order valence-corrected chi connectivity index (χ0v) is 13.4. The molecular formula is C15H19BrN2O3. The number of fused-ring (bicyclic) bond motifs is 1. The topological polar surface area (TPSA) is 73.6 Å². The number of benzene rings is 1. The molecule has 2 fully saturated rings. The highest BCUT2D eigenvalue weighted by molar-refractivity contribution is 9.10. The number of nitrogens with one attached hydrogen (secondary N) is 1. The van der Waals surface area contributed by atoms with Gasteiger partial charge in [-0.1, -0.05) is 0 Å². The molecule has 3 rings (SSSR count). The summed E-state index contributed by atoms with van der Waals surface area (Å²) in [5.74, 6) is 0.861. The fraction of sp³-hybridized carbons (Fsp3) is 0.533. The average molecular weight is 355 g/mol. The summed E-state index contributed by atoms with van der Waals surface area (Å²) in [5, 5.41) is 3.00. The van der Waals surface area contributed by atoms with E-state index >= 15 is 0 Å². The van der Waals surface area contributed by atoms with Crippen molar-refractivity contribution in [1.82, 2.24) is 5.32 Å². The Bertz CT molecular complexity index is 552. The summed E-state index contributed by atoms with van der Waals surface area (Å²) in [5.41, 5.74) is 6.71. The molecule has 2 aliphatic rings. The summed E-state index contributed by atoms with van der Waals surface area (Å²) in [7, 11) is 1.58. The molecule has 0 aromatic heterocycles. The molecule has 0 radical (unpaired) electrons. The number of hydrogen-bond acceptors (Lipinski definition) is 4. The van der Waals surface area contributed by atoms with Crippen LogP contribution in [-0.2, 0) is 4.74 Å². The summed E-state index contributed by atoms with van der Waals surface area (Å²) in [6.45, 7) is 0.753. The monoisotopic (exact) mass is 354 g/mol. The summed E-state index contributed by atoms with van der Waals surface area (Å²) in [6.07, 6.45) is 2.19. The van der Waals surface area contributed by atoms with Crippen LogP contribution in [0.2, 0.25) is 0 Å². The molecule has 1 saturated carbocycles. The third-order valence-corrected chi connectivity index (χ3v) is 5.08. The van der Waals surface area contributed by atoms with Gasteiger partial charge >= 0.3 is 0 Å². The molecule has 0 bridgehead atoms. The molecule has 4 atom stereocenters. The van der Waals surface area contributed by atoms with Gasteiger partial charge in [0.05, 0.1) is 24.8 Å². The standard InChI is InChI=1S/C15H19BrN2O3/c1-20-8-4-5-11(16)10(7-8)15(19)18-13-12(17)9-3-2-6-21-14(9)13/h4-5,7,9,12-14H,2-3,6,17H2,1H3,(H,18,19). The number of ether oxygens (including phenoxy) is 2. The molecule has 4 unspecified atom stereocenters. The minimum Gasteiger partial charge on any atom is -0.497 e. The molecule has 1 heterocycles. The largest absolute Gasteiger partial charge is 0.497 e. The Kier molecular flexibility index (Phi) is 4.19. The van der Waals surface area contributed by atoms with Gasteiger partial charge in [-0.05, 0) is 47.0 Å². The molecule has 6 heteroatoms. The molecule has 114 valence electrons. The van der Waals surface area contributed by atoms with Crippen LogP contribution in [0.15, 0.2) is 22.7 Å². The number of rotatable bonds is 3. The Balaban J connectivity index is 1.72. The lowest BCUT2D eigenvalue weighted by molar-refractivity contribution is -0.117. The normalized spacial score (nSPS) is 31.0. The van der Waals surface area contributed by atoms with E-state index in [4.69, 9.17) is 15.2 Å². The van der Waals surface area contributed by atoms with Crippen molar-refractivity contribution in [3.63, 3.8) is 0 Å². The van der Waals surface area contributed by atoms with Crippen molar-refractivity contribution >= 4 is 21.8 Å². The van der Waals surface area contributed by atoms with E-state index in [-0.39, 0.29) is 24.1 Å². The van der Waals surface area contributed by atoms with Crippen molar-refractivity contribution < 1.29 is 14.3 Å². The van der Waals surface area contributed by atoms with E-state index in [1.54, 1.807) is 25.3 Å². The minimum absolute atomic E-state index is 0.0244. The number of carbonyl (C=O) groups is 1. The second kappa shape index (κ2) is 5.94. The second-order valence-electron chi connectivity index (χ2n) is 5.56. The van der Waals surface area contributed by atoms with E-state index in [1.165, 1.54) is 0 Å². The first-order valence-corrected chi connectivity index (χ1v) is 7.92. The SMILES string of the molecule is COc1ccc(Br)c(C(=O)NC2C(N)C3CCCOC32)c1. The Labute approximate surface area is 132 Å². The molecule has 1 aliphatic heterocycles. The quantitative estimate of drug-likeness (QED) is 0.866. The first-order valence-electron chi connectivity index (χ1n) is 7.13. The highest BCUT2D eigenvalue weighted by atomic mass is 79.9. The highest BCUT2D eigenvalue weighted by Crippen LogP contribution is 2.37. The van der Waals surface area contributed by atoms with Gasteiger partial charge in [-0.15, -0.1) is 0 Å². The van der Waals surface area contributed by atoms with Crippen molar-refractivity contribution in [2.24, 2.45) is 11.7 Å². The number of methoxy groups -OCH3 is 1. The van der Waals surface area contributed by atoms with E-state index in [0.29, 0.717) is 17.2 Å². The maximum Gasteiger partial charge on any atom is 0.252 e. The third kappa shape index (κ3) is 2.67. The maximum atomic E-state index is 12.4. The minimum atomic E-state index is -0.158. The number of hydrogen-bond donors (Lipinski definition) is 2. The molecule has 1 saturated heterocycles. The lowest BCUT2D eigenvalue weighted by Crippen LogP contribution is -2.72. The molecule has 0 spiro atoms. The van der Waals surface area contributed by atoms with Crippen molar-refractivity contribution in [3.05, 3.63) is 28.2 Å². The van der Waals surface area contributed by atoms with Crippen molar-refractivity contribution in [2.75, 3.05) is 13.7 Å². The Hall–Kier alpha value is -1.11. The lowest BCUT2D eigenvalue weighted by atomic mass is 9.68. The Morgan fingerprint density at radius 2 is 2.33 bits per heavy atom. The molecular weight excluding hydrogens is 336 g/mol. The van der Waals surface area contributed by atoms with Crippen LogP contribution in [0.25, 0.3) is 0 Å². The lowest BCUT2D eigenvalue weighted by Gasteiger charge is -2.52. The van der Waals surface area contributed by atoms with Crippen LogP contribution in [0.5, 0.6) is 5.75 Å². The predicted octanol–water partition coefficient (Wildman–Crippen LogP) is 1.69. The molecule has 1 aliphatic carbocycles. The van der Waals surface area contributed by atoms with Gasteiger partial charge < -0.3 is 20.5 Å². The smallest absolute Gasteiger partial charge is 0.252 e. The fourth-order valence-electron chi connectivity index (χ4n) is 3.16. The average Bonchev–Trinajstić information content (AvgIpc) is 2.52. The number of amides is 1. The van der Waals surface area contributed by atoms with Gasteiger partial charge in [0.2, 0.25) is 0 Å². The molecule has 1 aromatic carbocycles. The van der Waals surface area contributed by atoms with Crippen LogP contribution in [0.1, 0.15) is 23.2 Å². The van der Waals surface area contributed by atoms with Gasteiger partial charge in [0, 0.05) is 23.0 Å². The van der Waals surface area contributed by atoms with Crippen LogP contribution < -0.4 is 15.8 Å². The molecule has 5 nitrogen and oxygen atoms in total.